The molecule has 0 saturated carbocycles. The average molecular weight is 1190 g/mol. The molecular formula is C52H124N18P6. The summed E-state index contributed by atoms with van der Waals surface area (Å²) in [4.78, 5) is 0. The molecule has 18 nitrogen and oxygen atoms in total. The van der Waals surface area contributed by atoms with E-state index in [0.717, 1.165) is 65.4 Å². The molecule has 0 aromatic carbocycles. The minimum Gasteiger partial charge on any atom is -0.259 e. The Balaban J connectivity index is 3.39. The zero-order chi connectivity index (χ0) is 57.7. The normalized spacial score (nSPS) is 22.0. The zero-order valence-electron chi connectivity index (χ0n) is 53.2. The van der Waals surface area contributed by atoms with Gasteiger partial charge in [-0.15, -0.1) is 0 Å². The van der Waals surface area contributed by atoms with Crippen LogP contribution in [0.3, 0.4) is 0 Å². The summed E-state index contributed by atoms with van der Waals surface area (Å²) in [7, 11) is -17.1. The lowest BCUT2D eigenvalue weighted by Crippen LogP contribution is -2.43. The first kappa shape index (κ1) is 72.7. The lowest BCUT2D eigenvalue weighted by molar-refractivity contribution is 0.570. The van der Waals surface area contributed by atoms with Crippen LogP contribution in [0.25, 0.3) is 0 Å². The molecule has 0 aliphatic carbocycles. The van der Waals surface area contributed by atoms with Gasteiger partial charge in [0.2, 0.25) is 30.0 Å². The maximum Gasteiger partial charge on any atom is 0.218 e. The van der Waals surface area contributed by atoms with Crippen molar-refractivity contribution in [3.8, 4) is 0 Å². The Morgan fingerprint density at radius 2 is 0.500 bits per heavy atom. The summed E-state index contributed by atoms with van der Waals surface area (Å²) >= 11 is 0. The monoisotopic (exact) mass is 1190 g/mol. The van der Waals surface area contributed by atoms with Crippen LogP contribution in [-0.2, 0) is 0 Å². The molecule has 0 fully saturated rings. The Hall–Kier alpha value is 0.640. The van der Waals surface area contributed by atoms with Crippen molar-refractivity contribution in [2.24, 2.45) is 98.6 Å². The third-order valence-corrected chi connectivity index (χ3v) is 33.4. The molecule has 0 saturated heterocycles. The largest absolute Gasteiger partial charge is 0.259 e. The van der Waals surface area contributed by atoms with E-state index in [2.05, 4.69) is 238 Å². The highest BCUT2D eigenvalue weighted by Crippen LogP contribution is 2.78. The smallest absolute Gasteiger partial charge is 0.218 e. The first-order valence-electron chi connectivity index (χ1n) is 29.7. The minimum atomic E-state index is -2.92. The summed E-state index contributed by atoms with van der Waals surface area (Å²) in [5.74, 6) is 4.61. The first-order chi connectivity index (χ1) is 35.3. The summed E-state index contributed by atoms with van der Waals surface area (Å²) < 4.78 is 41.6. The van der Waals surface area contributed by atoms with Crippen molar-refractivity contribution in [2.75, 3.05) is 91.6 Å². The van der Waals surface area contributed by atoms with E-state index in [1.54, 1.807) is 0 Å². The predicted molar refractivity (Wildman–Crippen MR) is 346 cm³/mol. The van der Waals surface area contributed by atoms with Gasteiger partial charge in [-0.3, -0.25) is 60.4 Å². The summed E-state index contributed by atoms with van der Waals surface area (Å²) in [5.41, 5.74) is 0. The molecule has 2 rings (SSSR count). The van der Waals surface area contributed by atoms with Gasteiger partial charge >= 0.3 is 0 Å². The lowest BCUT2D eigenvalue weighted by atomic mass is 10.2. The molecule has 10 N–H and O–H groups in total. The number of nitrogens with one attached hydrogen (secondary N) is 10. The number of rotatable bonds is 38. The molecule has 0 bridgehead atoms. The molecule has 2 atom stereocenters. The van der Waals surface area contributed by atoms with E-state index in [1.165, 1.54) is 0 Å². The van der Waals surface area contributed by atoms with Crippen molar-refractivity contribution in [2.45, 2.75) is 166 Å². The Kier molecular flexibility index (Phi) is 32.9. The second-order valence-electron chi connectivity index (χ2n) is 26.5. The standard InChI is InChI=1S/C52H124N18P6/c1-41(2)29-53-71(54-30-42(3)4)65-73(57-33-45(9)10,58-34-46(11)12)69(74(66-71,59-35-47(13)14)60-36-48(15)16)27-25-26-28-70-75(61-37-49(17)18,62-38-50(19)20)67-72(55-31-43(5)6,56-32-44(7)8)68-76(70,63-39-51(21)22)64-40-52(23)24/h25-26,41-59,61-63H,27-40H2,1-24H3/b26-25+/t74-,76-/m1/s1. The molecule has 2 heterocycles. The second-order valence-corrected chi connectivity index (χ2v) is 42.7. The average Bonchev–Trinajstić information content (AvgIpc) is 3.31. The van der Waals surface area contributed by atoms with E-state index in [1.807, 2.05) is 0 Å². The molecule has 452 valence electrons. The molecule has 24 heteroatoms. The van der Waals surface area contributed by atoms with Gasteiger partial charge in [0.05, 0.1) is 0 Å². The molecule has 0 aromatic heterocycles. The van der Waals surface area contributed by atoms with Gasteiger partial charge in [0.1, 0.15) is 0 Å². The first-order valence-corrected chi connectivity index (χ1v) is 39.8. The zero-order valence-corrected chi connectivity index (χ0v) is 58.6. The van der Waals surface area contributed by atoms with Gasteiger partial charge in [-0.05, 0) is 71.0 Å². The molecule has 0 spiro atoms. The highest BCUT2D eigenvalue weighted by molar-refractivity contribution is 7.86. The van der Waals surface area contributed by atoms with Gasteiger partial charge in [-0.2, -0.15) is 26.9 Å². The van der Waals surface area contributed by atoms with E-state index in [0.29, 0.717) is 97.2 Å². The van der Waals surface area contributed by atoms with Crippen molar-refractivity contribution in [1.82, 2.24) is 59.8 Å². The Morgan fingerprint density at radius 3 is 0.711 bits per heavy atom. The van der Waals surface area contributed by atoms with Crippen molar-refractivity contribution >= 4 is 45.0 Å². The van der Waals surface area contributed by atoms with Crippen molar-refractivity contribution in [3.63, 3.8) is 0 Å². The van der Waals surface area contributed by atoms with Gasteiger partial charge in [-0.1, -0.05) is 178 Å². The summed E-state index contributed by atoms with van der Waals surface area (Å²) in [5, 5.41) is 41.5. The van der Waals surface area contributed by atoms with E-state index in [4.69, 9.17) is 27.6 Å². The maximum atomic E-state index is 6.16. The molecule has 0 aromatic rings. The van der Waals surface area contributed by atoms with Crippen LogP contribution in [0.4, 0.5) is 0 Å². The van der Waals surface area contributed by atoms with E-state index >= 15 is 0 Å². The molecule has 0 unspecified atom stereocenters. The predicted octanol–water partition coefficient (Wildman–Crippen LogP) is 15.6. The summed E-state index contributed by atoms with van der Waals surface area (Å²) in [6.45, 7) is 65.4. The van der Waals surface area contributed by atoms with Crippen molar-refractivity contribution in [1.29, 1.82) is 0 Å². The molecule has 0 radical (unpaired) electrons. The van der Waals surface area contributed by atoms with Crippen LogP contribution in [0.1, 0.15) is 166 Å². The van der Waals surface area contributed by atoms with E-state index in [-0.39, 0.29) is 0 Å². The van der Waals surface area contributed by atoms with E-state index < -0.39 is 45.0 Å². The molecule has 76 heavy (non-hydrogen) atoms. The molecule has 0 amide bonds. The third kappa shape index (κ3) is 24.8. The molecular weight excluding hydrogens is 1060 g/mol. The van der Waals surface area contributed by atoms with Crippen LogP contribution in [0, 0.1) is 71.0 Å². The van der Waals surface area contributed by atoms with Gasteiger partial charge in [0.15, 0.2) is 15.0 Å². The van der Waals surface area contributed by atoms with Crippen molar-refractivity contribution in [3.05, 3.63) is 12.2 Å². The van der Waals surface area contributed by atoms with Crippen LogP contribution in [0.15, 0.2) is 39.7 Å². The van der Waals surface area contributed by atoms with Gasteiger partial charge in [0, 0.05) is 91.6 Å². The molecule has 2 aliphatic rings. The second kappa shape index (κ2) is 34.4. The van der Waals surface area contributed by atoms with Crippen LogP contribution in [0.5, 0.6) is 0 Å². The lowest BCUT2D eigenvalue weighted by Gasteiger charge is -2.49. The minimum absolute atomic E-state index is 0.342. The topological polar surface area (TPSA) is 201 Å². The van der Waals surface area contributed by atoms with Crippen LogP contribution < -0.4 is 50.9 Å². The van der Waals surface area contributed by atoms with Gasteiger partial charge in [0.25, 0.3) is 0 Å². The third-order valence-electron chi connectivity index (χ3n) is 11.5. The fourth-order valence-electron chi connectivity index (χ4n) is 7.22. The van der Waals surface area contributed by atoms with Gasteiger partial charge < -0.3 is 0 Å². The van der Waals surface area contributed by atoms with E-state index in [9.17, 15) is 0 Å². The van der Waals surface area contributed by atoms with Gasteiger partial charge in [-0.25, -0.2) is 0 Å². The number of hydrogen-bond acceptors (Lipinski definition) is 12. The Labute approximate surface area is 471 Å². The van der Waals surface area contributed by atoms with Crippen LogP contribution in [0.2, 0.25) is 0 Å². The van der Waals surface area contributed by atoms with Crippen molar-refractivity contribution < 1.29 is 0 Å². The maximum absolute atomic E-state index is 6.16. The Morgan fingerprint density at radius 1 is 0.289 bits per heavy atom. The van der Waals surface area contributed by atoms with Crippen LogP contribution in [-0.4, -0.2) is 101 Å². The fourth-order valence-corrected chi connectivity index (χ4v) is 35.7. The van der Waals surface area contributed by atoms with Crippen LogP contribution >= 0.6 is 45.0 Å². The highest BCUT2D eigenvalue weighted by atomic mass is 31.3. The Bertz CT molecular complexity index is 1850. The molecule has 2 aliphatic heterocycles. The fraction of sp³-hybridized carbons (Fsp3) is 0.962. The highest BCUT2D eigenvalue weighted by Gasteiger charge is 2.48. The SMILES string of the molecule is CC(C)CN=[P@]1(NCC(C)C)N=P(NCC(C)C)(NCC(C)C)N=P(NCC(C)C)(NCC(C)C)N1C/C=C/CN1P(NCC(C)C)(NCC(C)C)=NP(NCC(C)C)(NCC(C)C)=N[P@]1(=NCC(C)C)NCC(C)C. The number of nitrogens with zero attached hydrogens (tertiary/aromatic N) is 8. The quantitative estimate of drug-likeness (QED) is 0.0208. The summed E-state index contributed by atoms with van der Waals surface area (Å²) in [6, 6.07) is 0. The number of hydrogen-bond donors (Lipinski definition) is 10. The summed E-state index contributed by atoms with van der Waals surface area (Å²) in [6.07, 6.45) is 4.78.